The van der Waals surface area contributed by atoms with Gasteiger partial charge in [-0.05, 0) is 12.1 Å². The van der Waals surface area contributed by atoms with Gasteiger partial charge in [0.15, 0.2) is 5.82 Å². The van der Waals surface area contributed by atoms with Crippen molar-refractivity contribution in [3.63, 3.8) is 0 Å². The summed E-state index contributed by atoms with van der Waals surface area (Å²) in [4.78, 5) is 24.1. The molecule has 0 aromatic heterocycles. The zero-order valence-electron chi connectivity index (χ0n) is 10.2. The quantitative estimate of drug-likeness (QED) is 0.807. The summed E-state index contributed by atoms with van der Waals surface area (Å²) < 4.78 is 31.9. The average molecular weight is 270 g/mol. The number of carbonyl (C=O) groups excluding carboxylic acids is 2. The highest BCUT2D eigenvalue weighted by Gasteiger charge is 2.32. The lowest BCUT2D eigenvalue weighted by Gasteiger charge is -2.18. The van der Waals surface area contributed by atoms with Crippen LogP contribution in [-0.4, -0.2) is 31.6 Å². The first kappa shape index (κ1) is 13.4. The van der Waals surface area contributed by atoms with Crippen molar-refractivity contribution in [1.29, 1.82) is 0 Å². The number of benzene rings is 1. The highest BCUT2D eigenvalue weighted by Crippen LogP contribution is 2.28. The van der Waals surface area contributed by atoms with Gasteiger partial charge >= 0.3 is 5.97 Å². The summed E-state index contributed by atoms with van der Waals surface area (Å²) in [5.74, 6) is -3.65. The Morgan fingerprint density at radius 2 is 2.16 bits per heavy atom. The third-order valence-electron chi connectivity index (χ3n) is 2.91. The SMILES string of the molecule is COC(=O)c1c(F)ccc(N2CC(N)CC2=O)c1F. The topological polar surface area (TPSA) is 72.6 Å². The van der Waals surface area contributed by atoms with Gasteiger partial charge in [-0.25, -0.2) is 13.6 Å². The first-order chi connectivity index (χ1) is 8.95. The first-order valence-electron chi connectivity index (χ1n) is 5.58. The Hall–Kier alpha value is -2.02. The van der Waals surface area contributed by atoms with E-state index in [-0.39, 0.29) is 24.6 Å². The molecule has 1 amide bonds. The summed E-state index contributed by atoms with van der Waals surface area (Å²) in [6, 6.07) is 1.62. The van der Waals surface area contributed by atoms with Crippen molar-refractivity contribution in [3.8, 4) is 0 Å². The summed E-state index contributed by atoms with van der Waals surface area (Å²) in [6.07, 6.45) is 0.0877. The van der Waals surface area contributed by atoms with Crippen LogP contribution in [-0.2, 0) is 9.53 Å². The number of ether oxygens (including phenoxy) is 1. The molecule has 0 bridgehead atoms. The molecule has 1 atom stereocenters. The van der Waals surface area contributed by atoms with Crippen LogP contribution in [0.25, 0.3) is 0 Å². The van der Waals surface area contributed by atoms with E-state index in [0.29, 0.717) is 0 Å². The standard InChI is InChI=1S/C12H12F2N2O3/c1-19-12(18)10-7(13)2-3-8(11(10)14)16-5-6(15)4-9(16)17/h2-3,6H,4-5,15H2,1H3. The molecule has 19 heavy (non-hydrogen) atoms. The molecule has 1 unspecified atom stereocenters. The van der Waals surface area contributed by atoms with E-state index in [9.17, 15) is 18.4 Å². The van der Waals surface area contributed by atoms with Gasteiger partial charge in [0.1, 0.15) is 11.4 Å². The number of hydrogen-bond acceptors (Lipinski definition) is 4. The van der Waals surface area contributed by atoms with Gasteiger partial charge in [0, 0.05) is 19.0 Å². The molecule has 1 aromatic rings. The molecule has 7 heteroatoms. The molecule has 2 rings (SSSR count). The smallest absolute Gasteiger partial charge is 0.343 e. The van der Waals surface area contributed by atoms with Crippen LogP contribution in [0, 0.1) is 11.6 Å². The minimum atomic E-state index is -1.13. The summed E-state index contributed by atoms with van der Waals surface area (Å²) in [6.45, 7) is 0.127. The van der Waals surface area contributed by atoms with Crippen LogP contribution in [0.15, 0.2) is 12.1 Å². The van der Waals surface area contributed by atoms with Gasteiger partial charge in [0.2, 0.25) is 5.91 Å². The van der Waals surface area contributed by atoms with Gasteiger partial charge in [0.25, 0.3) is 0 Å². The van der Waals surface area contributed by atoms with E-state index < -0.39 is 29.2 Å². The normalized spacial score (nSPS) is 18.8. The number of amides is 1. The average Bonchev–Trinajstić information content (AvgIpc) is 2.68. The minimum absolute atomic E-state index is 0.0877. The van der Waals surface area contributed by atoms with E-state index in [0.717, 1.165) is 24.1 Å². The zero-order valence-corrected chi connectivity index (χ0v) is 10.2. The molecule has 1 aromatic carbocycles. The summed E-state index contributed by atoms with van der Waals surface area (Å²) in [7, 11) is 1.02. The van der Waals surface area contributed by atoms with Gasteiger partial charge in [-0.2, -0.15) is 0 Å². The van der Waals surface area contributed by atoms with E-state index in [2.05, 4.69) is 4.74 Å². The van der Waals surface area contributed by atoms with Crippen molar-refractivity contribution in [2.45, 2.75) is 12.5 Å². The maximum atomic E-state index is 14.1. The van der Waals surface area contributed by atoms with Crippen molar-refractivity contribution >= 4 is 17.6 Å². The Bertz CT molecular complexity index is 548. The Balaban J connectivity index is 2.48. The predicted molar refractivity (Wildman–Crippen MR) is 62.6 cm³/mol. The fourth-order valence-electron chi connectivity index (χ4n) is 2.01. The summed E-state index contributed by atoms with van der Waals surface area (Å²) in [5, 5.41) is 0. The summed E-state index contributed by atoms with van der Waals surface area (Å²) in [5.41, 5.74) is 4.63. The highest BCUT2D eigenvalue weighted by atomic mass is 19.1. The number of methoxy groups -OCH3 is 1. The lowest BCUT2D eigenvalue weighted by molar-refractivity contribution is -0.117. The number of nitrogens with two attached hydrogens (primary N) is 1. The van der Waals surface area contributed by atoms with Crippen LogP contribution >= 0.6 is 0 Å². The maximum Gasteiger partial charge on any atom is 0.343 e. The number of esters is 1. The molecule has 102 valence electrons. The number of carbonyl (C=O) groups is 2. The van der Waals surface area contributed by atoms with Crippen molar-refractivity contribution in [1.82, 2.24) is 0 Å². The first-order valence-corrected chi connectivity index (χ1v) is 5.58. The van der Waals surface area contributed by atoms with Crippen molar-refractivity contribution in [2.24, 2.45) is 5.73 Å². The van der Waals surface area contributed by atoms with E-state index in [1.807, 2.05) is 0 Å². The monoisotopic (exact) mass is 270 g/mol. The van der Waals surface area contributed by atoms with Gasteiger partial charge in [-0.15, -0.1) is 0 Å². The Kier molecular flexibility index (Phi) is 3.48. The van der Waals surface area contributed by atoms with Crippen molar-refractivity contribution in [3.05, 3.63) is 29.3 Å². The van der Waals surface area contributed by atoms with Crippen LogP contribution in [0.2, 0.25) is 0 Å². The Labute approximate surface area is 107 Å². The number of rotatable bonds is 2. The van der Waals surface area contributed by atoms with E-state index in [1.54, 1.807) is 0 Å². The molecule has 1 fully saturated rings. The van der Waals surface area contributed by atoms with E-state index in [1.165, 1.54) is 0 Å². The molecule has 1 aliphatic rings. The molecule has 1 aliphatic heterocycles. The van der Waals surface area contributed by atoms with Crippen LogP contribution in [0.5, 0.6) is 0 Å². The maximum absolute atomic E-state index is 14.1. The van der Waals surface area contributed by atoms with E-state index in [4.69, 9.17) is 5.73 Å². The molecule has 0 radical (unpaired) electrons. The molecular formula is C12H12F2N2O3. The van der Waals surface area contributed by atoms with E-state index >= 15 is 0 Å². The largest absolute Gasteiger partial charge is 0.465 e. The fraction of sp³-hybridized carbons (Fsp3) is 0.333. The van der Waals surface area contributed by atoms with Crippen LogP contribution in [0.1, 0.15) is 16.8 Å². The number of nitrogens with zero attached hydrogens (tertiary/aromatic N) is 1. The molecule has 5 nitrogen and oxygen atoms in total. The fourth-order valence-corrected chi connectivity index (χ4v) is 2.01. The number of anilines is 1. The van der Waals surface area contributed by atoms with Crippen molar-refractivity contribution < 1.29 is 23.1 Å². The lowest BCUT2D eigenvalue weighted by atomic mass is 10.1. The Morgan fingerprint density at radius 3 is 2.68 bits per heavy atom. The molecular weight excluding hydrogens is 258 g/mol. The molecule has 0 aliphatic carbocycles. The molecule has 0 spiro atoms. The second-order valence-electron chi connectivity index (χ2n) is 4.22. The number of hydrogen-bond donors (Lipinski definition) is 1. The highest BCUT2D eigenvalue weighted by molar-refractivity contribution is 5.98. The van der Waals surface area contributed by atoms with Gasteiger partial charge < -0.3 is 15.4 Å². The molecule has 1 heterocycles. The second kappa shape index (κ2) is 4.93. The van der Waals surface area contributed by atoms with Gasteiger partial charge in [-0.3, -0.25) is 4.79 Å². The van der Waals surface area contributed by atoms with Crippen molar-refractivity contribution in [2.75, 3.05) is 18.6 Å². The minimum Gasteiger partial charge on any atom is -0.465 e. The van der Waals surface area contributed by atoms with Crippen LogP contribution in [0.3, 0.4) is 0 Å². The summed E-state index contributed by atoms with van der Waals surface area (Å²) >= 11 is 0. The van der Waals surface area contributed by atoms with Crippen LogP contribution < -0.4 is 10.6 Å². The second-order valence-corrected chi connectivity index (χ2v) is 4.22. The number of halogens is 2. The Morgan fingerprint density at radius 1 is 1.47 bits per heavy atom. The molecule has 0 saturated carbocycles. The molecule has 1 saturated heterocycles. The van der Waals surface area contributed by atoms with Crippen LogP contribution in [0.4, 0.5) is 14.5 Å². The van der Waals surface area contributed by atoms with Gasteiger partial charge in [0.05, 0.1) is 12.8 Å². The predicted octanol–water partition coefficient (Wildman–Crippen LogP) is 0.815. The molecule has 2 N–H and O–H groups in total. The zero-order chi connectivity index (χ0) is 14.2. The van der Waals surface area contributed by atoms with Gasteiger partial charge in [-0.1, -0.05) is 0 Å². The lowest BCUT2D eigenvalue weighted by Crippen LogP contribution is -2.29. The third-order valence-corrected chi connectivity index (χ3v) is 2.91. The third kappa shape index (κ3) is 2.28.